The second-order valence-corrected chi connectivity index (χ2v) is 4.43. The van der Waals surface area contributed by atoms with Gasteiger partial charge in [-0.1, -0.05) is 6.92 Å². The van der Waals surface area contributed by atoms with Crippen LogP contribution in [0.2, 0.25) is 0 Å². The first-order valence-corrected chi connectivity index (χ1v) is 6.29. The molecular formula is C13H17ClN4O3. The first-order valence-electron chi connectivity index (χ1n) is 6.29. The maximum absolute atomic E-state index is 11.8. The van der Waals surface area contributed by atoms with Crippen LogP contribution in [0.3, 0.4) is 0 Å². The Bertz CT molecular complexity index is 585. The fourth-order valence-corrected chi connectivity index (χ4v) is 2.02. The van der Waals surface area contributed by atoms with Crippen molar-refractivity contribution < 1.29 is 31.7 Å². The normalized spacial score (nSPS) is 12.8. The molecule has 0 aromatic heterocycles. The number of benzene rings is 1. The maximum atomic E-state index is 11.8. The minimum Gasteiger partial charge on any atom is -1.00 e. The highest BCUT2D eigenvalue weighted by molar-refractivity contribution is 5.99. The Labute approximate surface area is 128 Å². The van der Waals surface area contributed by atoms with Crippen LogP contribution >= 0.6 is 0 Å². The van der Waals surface area contributed by atoms with Crippen molar-refractivity contribution in [2.24, 2.45) is 11.5 Å². The Kier molecular flexibility index (Phi) is 5.54. The summed E-state index contributed by atoms with van der Waals surface area (Å²) in [6, 6.07) is 4.86. The third kappa shape index (κ3) is 3.63. The molecule has 7 nitrogen and oxygen atoms in total. The maximum Gasteiger partial charge on any atom is 0.346 e. The molecule has 0 aliphatic carbocycles. The van der Waals surface area contributed by atoms with Gasteiger partial charge in [0, 0.05) is 6.54 Å². The topological polar surface area (TPSA) is 113 Å². The number of nitrogens with two attached hydrogens (primary N) is 2. The third-order valence-electron chi connectivity index (χ3n) is 2.87. The second kappa shape index (κ2) is 6.94. The van der Waals surface area contributed by atoms with E-state index < -0.39 is 5.91 Å². The van der Waals surface area contributed by atoms with E-state index in [9.17, 15) is 9.59 Å². The van der Waals surface area contributed by atoms with E-state index >= 15 is 0 Å². The summed E-state index contributed by atoms with van der Waals surface area (Å²) >= 11 is 0. The van der Waals surface area contributed by atoms with E-state index in [0.717, 1.165) is 6.42 Å². The lowest BCUT2D eigenvalue weighted by Gasteiger charge is -2.29. The second-order valence-electron chi connectivity index (χ2n) is 4.43. The van der Waals surface area contributed by atoms with Gasteiger partial charge < -0.3 is 22.0 Å². The van der Waals surface area contributed by atoms with Crippen molar-refractivity contribution in [1.82, 2.24) is 0 Å². The average Bonchev–Trinajstić information content (AvgIpc) is 2.41. The molecule has 1 aliphatic heterocycles. The van der Waals surface area contributed by atoms with Crippen LogP contribution in [0.5, 0.6) is 5.75 Å². The van der Waals surface area contributed by atoms with Gasteiger partial charge >= 0.3 is 11.9 Å². The summed E-state index contributed by atoms with van der Waals surface area (Å²) in [4.78, 5) is 27.5. The van der Waals surface area contributed by atoms with Crippen LogP contribution in [0.4, 0.5) is 5.69 Å². The predicted octanol–water partition coefficient (Wildman–Crippen LogP) is -4.68. The van der Waals surface area contributed by atoms with E-state index in [1.165, 1.54) is 0 Å². The molecule has 0 radical (unpaired) electrons. The predicted molar refractivity (Wildman–Crippen MR) is 73.3 cm³/mol. The van der Waals surface area contributed by atoms with Gasteiger partial charge in [-0.05, 0) is 24.6 Å². The van der Waals surface area contributed by atoms with Gasteiger partial charge in [0.2, 0.25) is 0 Å². The number of guanidine groups is 1. The van der Waals surface area contributed by atoms with Gasteiger partial charge in [-0.3, -0.25) is 21.1 Å². The number of halogens is 1. The molecule has 2 rings (SSSR count). The average molecular weight is 313 g/mol. The number of hydrogen-bond donors (Lipinski definition) is 3. The minimum absolute atomic E-state index is 0. The Morgan fingerprint density at radius 2 is 2.14 bits per heavy atom. The largest absolute Gasteiger partial charge is 1.00 e. The van der Waals surface area contributed by atoms with Crippen molar-refractivity contribution in [3.05, 3.63) is 23.8 Å². The van der Waals surface area contributed by atoms with Crippen LogP contribution in [0.1, 0.15) is 23.7 Å². The van der Waals surface area contributed by atoms with Crippen LogP contribution < -0.4 is 38.5 Å². The molecular weight excluding hydrogens is 296 g/mol. The van der Waals surface area contributed by atoms with Crippen LogP contribution in [0.25, 0.3) is 0 Å². The van der Waals surface area contributed by atoms with Crippen LogP contribution in [0, 0.1) is 0 Å². The number of anilines is 1. The van der Waals surface area contributed by atoms with E-state index in [4.69, 9.17) is 16.2 Å². The molecule has 1 aliphatic rings. The summed E-state index contributed by atoms with van der Waals surface area (Å²) in [7, 11) is 0. The number of fused-ring (bicyclic) bond motifs is 1. The van der Waals surface area contributed by atoms with Crippen molar-refractivity contribution in [3.63, 3.8) is 0 Å². The van der Waals surface area contributed by atoms with Crippen LogP contribution in [-0.2, 0) is 4.79 Å². The van der Waals surface area contributed by atoms with Crippen LogP contribution in [0.15, 0.2) is 18.2 Å². The van der Waals surface area contributed by atoms with E-state index in [1.807, 2.05) is 6.92 Å². The van der Waals surface area contributed by atoms with Crippen molar-refractivity contribution in [2.75, 3.05) is 18.1 Å². The molecule has 5 N–H and O–H groups in total. The number of amides is 2. The van der Waals surface area contributed by atoms with E-state index in [1.54, 1.807) is 23.1 Å². The summed E-state index contributed by atoms with van der Waals surface area (Å²) in [5.41, 5.74) is 11.5. The van der Waals surface area contributed by atoms with Gasteiger partial charge in [-0.2, -0.15) is 0 Å². The molecule has 0 atom stereocenters. The summed E-state index contributed by atoms with van der Waals surface area (Å²) in [6.07, 6.45) is 0.839. The van der Waals surface area contributed by atoms with Gasteiger partial charge in [0.1, 0.15) is 5.75 Å². The number of carbonyl (C=O) groups is 2. The first-order chi connectivity index (χ1) is 9.52. The summed E-state index contributed by atoms with van der Waals surface area (Å²) in [5.74, 6) is -0.177. The Morgan fingerprint density at radius 1 is 1.43 bits per heavy atom. The summed E-state index contributed by atoms with van der Waals surface area (Å²) in [5, 5.41) is 0. The quantitative estimate of drug-likeness (QED) is 0.384. The molecule has 1 aromatic carbocycles. The molecule has 0 fully saturated rings. The monoisotopic (exact) mass is 312 g/mol. The van der Waals surface area contributed by atoms with E-state index in [0.29, 0.717) is 23.5 Å². The lowest BCUT2D eigenvalue weighted by Crippen LogP contribution is -3.00. The van der Waals surface area contributed by atoms with E-state index in [2.05, 4.69) is 4.99 Å². The number of hydrogen-bond acceptors (Lipinski definition) is 3. The molecule has 0 unspecified atom stereocenters. The summed E-state index contributed by atoms with van der Waals surface area (Å²) < 4.78 is 5.37. The number of nitrogens with zero attached hydrogens (tertiary/aromatic N) is 1. The standard InChI is InChI=1S/C13H16N4O3.ClH/c1-2-5-17-9-4-3-8(12(19)16-13(14)15)6-10(9)20-7-11(17)18;/h3-4,6H,2,5,7H2,1H3,(H4,14,15,16,19);1H. The van der Waals surface area contributed by atoms with Crippen LogP contribution in [-0.4, -0.2) is 30.9 Å². The molecule has 8 heteroatoms. The van der Waals surface area contributed by atoms with Gasteiger partial charge in [0.05, 0.1) is 11.3 Å². The van der Waals surface area contributed by atoms with E-state index in [-0.39, 0.29) is 30.9 Å². The molecule has 1 heterocycles. The van der Waals surface area contributed by atoms with Crippen molar-refractivity contribution in [2.45, 2.75) is 13.3 Å². The zero-order valence-electron chi connectivity index (χ0n) is 11.6. The zero-order valence-corrected chi connectivity index (χ0v) is 12.3. The number of ether oxygens (including phenoxy) is 1. The summed E-state index contributed by atoms with van der Waals surface area (Å²) in [6.45, 7) is 2.58. The SMILES string of the molecule is CCCN1C(=O)COc2cc(C(=O)[NH+]=C(N)N)ccc21.[Cl-]. The molecule has 0 saturated carbocycles. The Hall–Kier alpha value is -2.28. The van der Waals surface area contributed by atoms with Crippen molar-refractivity contribution in [1.29, 1.82) is 0 Å². The van der Waals surface area contributed by atoms with Gasteiger partial charge in [0.15, 0.2) is 6.61 Å². The third-order valence-corrected chi connectivity index (χ3v) is 2.87. The first kappa shape index (κ1) is 16.8. The fourth-order valence-electron chi connectivity index (χ4n) is 2.02. The van der Waals surface area contributed by atoms with Crippen molar-refractivity contribution in [3.8, 4) is 5.75 Å². The molecule has 0 saturated heterocycles. The smallest absolute Gasteiger partial charge is 0.346 e. The molecule has 0 bridgehead atoms. The molecule has 21 heavy (non-hydrogen) atoms. The minimum atomic E-state index is -0.421. The molecule has 114 valence electrons. The highest BCUT2D eigenvalue weighted by atomic mass is 35.5. The zero-order chi connectivity index (χ0) is 14.7. The fraction of sp³-hybridized carbons (Fsp3) is 0.308. The highest BCUT2D eigenvalue weighted by Gasteiger charge is 2.25. The number of nitrogens with one attached hydrogen (secondary N) is 1. The molecule has 1 aromatic rings. The highest BCUT2D eigenvalue weighted by Crippen LogP contribution is 2.32. The molecule has 0 spiro atoms. The molecule has 2 amide bonds. The Balaban J connectivity index is 0.00000220. The number of rotatable bonds is 3. The number of carbonyl (C=O) groups excluding carboxylic acids is 2. The Morgan fingerprint density at radius 3 is 2.76 bits per heavy atom. The lowest BCUT2D eigenvalue weighted by molar-refractivity contribution is -0.347. The van der Waals surface area contributed by atoms with Crippen molar-refractivity contribution >= 4 is 23.5 Å². The van der Waals surface area contributed by atoms with Gasteiger partial charge in [0.25, 0.3) is 5.91 Å². The lowest BCUT2D eigenvalue weighted by atomic mass is 10.1. The van der Waals surface area contributed by atoms with Gasteiger partial charge in [-0.25, -0.2) is 4.99 Å². The van der Waals surface area contributed by atoms with Gasteiger partial charge in [-0.15, -0.1) is 0 Å².